The number of anilines is 1. The van der Waals surface area contributed by atoms with E-state index in [1.165, 1.54) is 12.1 Å². The molecular formula is C23H18FN3O. The molecule has 0 aliphatic rings. The summed E-state index contributed by atoms with van der Waals surface area (Å²) in [6.07, 6.45) is 1.67. The number of pyridine rings is 1. The van der Waals surface area contributed by atoms with Crippen molar-refractivity contribution >= 4 is 22.5 Å². The van der Waals surface area contributed by atoms with E-state index in [0.717, 1.165) is 27.5 Å². The van der Waals surface area contributed by atoms with E-state index < -0.39 is 0 Å². The molecule has 0 fully saturated rings. The van der Waals surface area contributed by atoms with Crippen LogP contribution in [0.5, 0.6) is 0 Å². The molecule has 1 amide bonds. The maximum absolute atomic E-state index is 13.5. The molecule has 0 spiro atoms. The normalized spacial score (nSPS) is 10.8. The molecule has 28 heavy (non-hydrogen) atoms. The van der Waals surface area contributed by atoms with Crippen molar-refractivity contribution in [1.82, 2.24) is 10.3 Å². The van der Waals surface area contributed by atoms with Crippen LogP contribution in [-0.4, -0.2) is 10.9 Å². The minimum atomic E-state index is -0.291. The Morgan fingerprint density at radius 1 is 0.929 bits per heavy atom. The molecular weight excluding hydrogens is 353 g/mol. The van der Waals surface area contributed by atoms with Crippen LogP contribution in [0.25, 0.3) is 21.9 Å². The number of halogens is 1. The minimum Gasteiger partial charge on any atom is -0.383 e. The number of nitrogen functional groups attached to an aromatic ring is 1. The van der Waals surface area contributed by atoms with Crippen LogP contribution >= 0.6 is 0 Å². The van der Waals surface area contributed by atoms with Gasteiger partial charge in [-0.3, -0.25) is 4.79 Å². The molecule has 0 saturated carbocycles. The second-order valence-electron chi connectivity index (χ2n) is 6.49. The summed E-state index contributed by atoms with van der Waals surface area (Å²) in [5.41, 5.74) is 9.16. The highest BCUT2D eigenvalue weighted by molar-refractivity contribution is 5.97. The van der Waals surface area contributed by atoms with Crippen LogP contribution in [0.3, 0.4) is 0 Å². The van der Waals surface area contributed by atoms with E-state index in [1.54, 1.807) is 24.4 Å². The van der Waals surface area contributed by atoms with Gasteiger partial charge in [0.2, 0.25) is 0 Å². The van der Waals surface area contributed by atoms with Gasteiger partial charge in [0, 0.05) is 23.7 Å². The van der Waals surface area contributed by atoms with Gasteiger partial charge < -0.3 is 11.1 Å². The number of amides is 1. The molecule has 0 radical (unpaired) electrons. The van der Waals surface area contributed by atoms with E-state index in [0.29, 0.717) is 17.9 Å². The van der Waals surface area contributed by atoms with Crippen molar-refractivity contribution < 1.29 is 9.18 Å². The Balaban J connectivity index is 1.65. The van der Waals surface area contributed by atoms with Crippen LogP contribution < -0.4 is 11.1 Å². The van der Waals surface area contributed by atoms with Crippen molar-refractivity contribution in [2.75, 3.05) is 5.73 Å². The van der Waals surface area contributed by atoms with Gasteiger partial charge in [0.1, 0.15) is 11.6 Å². The third kappa shape index (κ3) is 3.55. The van der Waals surface area contributed by atoms with Gasteiger partial charge in [-0.05, 0) is 52.4 Å². The Bertz CT molecular complexity index is 1160. The molecule has 3 aromatic carbocycles. The number of benzene rings is 3. The molecule has 3 N–H and O–H groups in total. The summed E-state index contributed by atoms with van der Waals surface area (Å²) >= 11 is 0. The van der Waals surface area contributed by atoms with Gasteiger partial charge in [-0.25, -0.2) is 9.37 Å². The van der Waals surface area contributed by atoms with Gasteiger partial charge in [0.15, 0.2) is 0 Å². The van der Waals surface area contributed by atoms with Gasteiger partial charge in [-0.1, -0.05) is 42.5 Å². The van der Waals surface area contributed by atoms with Crippen LogP contribution in [0.2, 0.25) is 0 Å². The largest absolute Gasteiger partial charge is 0.383 e. The van der Waals surface area contributed by atoms with E-state index in [-0.39, 0.29) is 11.7 Å². The molecule has 4 nitrogen and oxygen atoms in total. The van der Waals surface area contributed by atoms with Crippen LogP contribution in [0.15, 0.2) is 79.0 Å². The molecule has 1 aromatic heterocycles. The number of nitrogens with zero attached hydrogens (tertiary/aromatic N) is 1. The van der Waals surface area contributed by atoms with Gasteiger partial charge in [-0.15, -0.1) is 0 Å². The summed E-state index contributed by atoms with van der Waals surface area (Å²) in [6.45, 7) is 0.330. The average Bonchev–Trinajstić information content (AvgIpc) is 2.73. The summed E-state index contributed by atoms with van der Waals surface area (Å²) in [4.78, 5) is 16.6. The van der Waals surface area contributed by atoms with Crippen molar-refractivity contribution in [1.29, 1.82) is 0 Å². The number of aromatic nitrogens is 1. The Hall–Kier alpha value is -3.73. The number of nitrogens with two attached hydrogens (primary N) is 1. The van der Waals surface area contributed by atoms with Crippen LogP contribution in [0.4, 0.5) is 10.2 Å². The van der Waals surface area contributed by atoms with Gasteiger partial charge in [0.25, 0.3) is 5.91 Å². The molecule has 4 aromatic rings. The van der Waals surface area contributed by atoms with E-state index in [2.05, 4.69) is 10.3 Å². The van der Waals surface area contributed by atoms with Gasteiger partial charge >= 0.3 is 0 Å². The highest BCUT2D eigenvalue weighted by Crippen LogP contribution is 2.29. The fourth-order valence-corrected chi connectivity index (χ4v) is 3.18. The molecule has 0 aliphatic heterocycles. The topological polar surface area (TPSA) is 68.0 Å². The predicted octanol–water partition coefficient (Wildman–Crippen LogP) is 4.55. The van der Waals surface area contributed by atoms with E-state index in [9.17, 15) is 9.18 Å². The number of fused-ring (bicyclic) bond motifs is 1. The summed E-state index contributed by atoms with van der Waals surface area (Å²) in [6, 6.07) is 21.2. The number of hydrogen-bond donors (Lipinski definition) is 2. The van der Waals surface area contributed by atoms with Crippen molar-refractivity contribution in [3.05, 3.63) is 95.9 Å². The van der Waals surface area contributed by atoms with Gasteiger partial charge in [0.05, 0.1) is 0 Å². The average molecular weight is 371 g/mol. The molecule has 0 saturated heterocycles. The summed E-state index contributed by atoms with van der Waals surface area (Å²) in [5, 5.41) is 4.59. The molecule has 5 heteroatoms. The molecule has 138 valence electrons. The molecule has 4 rings (SSSR count). The monoisotopic (exact) mass is 371 g/mol. The fourth-order valence-electron chi connectivity index (χ4n) is 3.18. The maximum atomic E-state index is 13.5. The molecule has 0 bridgehead atoms. The number of hydrogen-bond acceptors (Lipinski definition) is 3. The first-order chi connectivity index (χ1) is 13.6. The Kier molecular flexibility index (Phi) is 4.72. The maximum Gasteiger partial charge on any atom is 0.251 e. The number of nitrogens with one attached hydrogen (secondary N) is 1. The minimum absolute atomic E-state index is 0.151. The quantitative estimate of drug-likeness (QED) is 0.553. The third-order valence-corrected chi connectivity index (χ3v) is 4.63. The SMILES string of the molecule is Nc1ncc(CNC(=O)c2ccccc2)c2ccc(-c3cccc(F)c3)cc12. The predicted molar refractivity (Wildman–Crippen MR) is 109 cm³/mol. The highest BCUT2D eigenvalue weighted by atomic mass is 19.1. The molecule has 0 atom stereocenters. The number of rotatable bonds is 4. The highest BCUT2D eigenvalue weighted by Gasteiger charge is 2.10. The molecule has 0 aliphatic carbocycles. The zero-order valence-corrected chi connectivity index (χ0v) is 15.0. The first-order valence-electron chi connectivity index (χ1n) is 8.88. The van der Waals surface area contributed by atoms with Crippen LogP contribution in [0.1, 0.15) is 15.9 Å². The van der Waals surface area contributed by atoms with E-state index in [4.69, 9.17) is 5.73 Å². The summed E-state index contributed by atoms with van der Waals surface area (Å²) in [7, 11) is 0. The Morgan fingerprint density at radius 2 is 1.71 bits per heavy atom. The van der Waals surface area contributed by atoms with Crippen molar-refractivity contribution in [3.8, 4) is 11.1 Å². The molecule has 0 unspecified atom stereocenters. The van der Waals surface area contributed by atoms with E-state index >= 15 is 0 Å². The van der Waals surface area contributed by atoms with E-state index in [1.807, 2.05) is 42.5 Å². The standard InChI is InChI=1S/C23H18FN3O/c24-19-8-4-7-16(11-19)17-9-10-20-18(13-26-22(25)21(20)12-17)14-27-23(28)15-5-2-1-3-6-15/h1-13H,14H2,(H2,25,26)(H,27,28). The Morgan fingerprint density at radius 3 is 2.50 bits per heavy atom. The van der Waals surface area contributed by atoms with Gasteiger partial charge in [-0.2, -0.15) is 0 Å². The number of carbonyl (C=O) groups is 1. The second-order valence-corrected chi connectivity index (χ2v) is 6.49. The number of carbonyl (C=O) groups excluding carboxylic acids is 1. The fraction of sp³-hybridized carbons (Fsp3) is 0.0435. The lowest BCUT2D eigenvalue weighted by atomic mass is 9.99. The van der Waals surface area contributed by atoms with Crippen molar-refractivity contribution in [3.63, 3.8) is 0 Å². The zero-order valence-electron chi connectivity index (χ0n) is 15.0. The summed E-state index contributed by atoms with van der Waals surface area (Å²) in [5.74, 6) is -0.0468. The first kappa shape index (κ1) is 17.7. The van der Waals surface area contributed by atoms with Crippen molar-refractivity contribution in [2.24, 2.45) is 0 Å². The Labute approximate surface area is 161 Å². The lowest BCUT2D eigenvalue weighted by molar-refractivity contribution is 0.0951. The smallest absolute Gasteiger partial charge is 0.251 e. The summed E-state index contributed by atoms with van der Waals surface area (Å²) < 4.78 is 13.5. The van der Waals surface area contributed by atoms with Crippen LogP contribution in [-0.2, 0) is 6.54 Å². The zero-order chi connectivity index (χ0) is 19.5. The second kappa shape index (κ2) is 7.48. The first-order valence-corrected chi connectivity index (χ1v) is 8.88. The lowest BCUT2D eigenvalue weighted by Gasteiger charge is -2.11. The lowest BCUT2D eigenvalue weighted by Crippen LogP contribution is -2.23. The third-order valence-electron chi connectivity index (χ3n) is 4.63. The van der Waals surface area contributed by atoms with Crippen LogP contribution in [0, 0.1) is 5.82 Å². The van der Waals surface area contributed by atoms with Crippen molar-refractivity contribution in [2.45, 2.75) is 6.54 Å². The molecule has 1 heterocycles.